The second-order valence-electron chi connectivity index (χ2n) is 10.8. The molecule has 0 unspecified atom stereocenters. The quantitative estimate of drug-likeness (QED) is 0.167. The first-order valence-corrected chi connectivity index (χ1v) is 14.9. The lowest BCUT2D eigenvalue weighted by molar-refractivity contribution is -0.170. The van der Waals surface area contributed by atoms with Gasteiger partial charge in [-0.25, -0.2) is 0 Å². The number of carbonyl (C=O) groups is 2. The first-order valence-electron chi connectivity index (χ1n) is 14.9. The van der Waals surface area contributed by atoms with Gasteiger partial charge in [-0.15, -0.1) is 0 Å². The fourth-order valence-corrected chi connectivity index (χ4v) is 5.17. The molecule has 1 saturated carbocycles. The van der Waals surface area contributed by atoms with Crippen LogP contribution < -0.4 is 9.64 Å². The van der Waals surface area contributed by atoms with E-state index in [1.807, 2.05) is 66.7 Å². The second kappa shape index (κ2) is 16.5. The fourth-order valence-electron chi connectivity index (χ4n) is 5.17. The van der Waals surface area contributed by atoms with Crippen LogP contribution in [0.3, 0.4) is 0 Å². The van der Waals surface area contributed by atoms with Gasteiger partial charge in [0.05, 0.1) is 18.7 Å². The maximum atomic E-state index is 13.5. The third-order valence-corrected chi connectivity index (χ3v) is 7.53. The highest BCUT2D eigenvalue weighted by molar-refractivity contribution is 5.98. The van der Waals surface area contributed by atoms with Crippen molar-refractivity contribution >= 4 is 17.9 Å². The number of alkyl halides is 3. The topological polar surface area (TPSA) is 68.7 Å². The molecule has 1 aliphatic carbocycles. The van der Waals surface area contributed by atoms with Crippen molar-refractivity contribution in [1.82, 2.24) is 4.98 Å². The lowest BCUT2D eigenvalue weighted by Gasteiger charge is -2.25. The van der Waals surface area contributed by atoms with E-state index in [4.69, 9.17) is 9.47 Å². The summed E-state index contributed by atoms with van der Waals surface area (Å²) in [5.74, 6) is -1.55. The zero-order chi connectivity index (χ0) is 32.1. The van der Waals surface area contributed by atoms with E-state index in [0.717, 1.165) is 36.9 Å². The molecule has 1 aliphatic rings. The molecule has 1 amide bonds. The van der Waals surface area contributed by atoms with Gasteiger partial charge in [-0.2, -0.15) is 13.2 Å². The second-order valence-corrected chi connectivity index (χ2v) is 10.8. The molecule has 0 atom stereocenters. The van der Waals surface area contributed by atoms with Crippen LogP contribution in [0.1, 0.15) is 70.8 Å². The van der Waals surface area contributed by atoms with Crippen LogP contribution in [0.4, 0.5) is 18.9 Å². The summed E-state index contributed by atoms with van der Waals surface area (Å²) in [4.78, 5) is 29.0. The van der Waals surface area contributed by atoms with Crippen LogP contribution in [0.2, 0.25) is 0 Å². The Morgan fingerprint density at radius 2 is 1.51 bits per heavy atom. The number of aromatic nitrogens is 1. The summed E-state index contributed by atoms with van der Waals surface area (Å²) in [6.07, 6.45) is 2.63. The Labute approximate surface area is 261 Å². The van der Waals surface area contributed by atoms with E-state index in [0.29, 0.717) is 29.3 Å². The molecule has 236 valence electrons. The number of carbonyl (C=O) groups excluding carboxylic acids is 2. The highest BCUT2D eigenvalue weighted by Crippen LogP contribution is 2.33. The number of aldehydes is 1. The van der Waals surface area contributed by atoms with Gasteiger partial charge in [0.1, 0.15) is 12.4 Å². The number of ether oxygens (including phenoxy) is 2. The summed E-state index contributed by atoms with van der Waals surface area (Å²) in [5, 5.41) is 0. The van der Waals surface area contributed by atoms with Crippen LogP contribution in [0.25, 0.3) is 0 Å². The van der Waals surface area contributed by atoms with Crippen LogP contribution in [0.15, 0.2) is 97.2 Å². The molecule has 1 aromatic heterocycles. The van der Waals surface area contributed by atoms with E-state index in [9.17, 15) is 22.8 Å². The number of hydrogen-bond donors (Lipinski definition) is 0. The summed E-state index contributed by atoms with van der Waals surface area (Å²) in [6.45, 7) is 0.501. The van der Waals surface area contributed by atoms with E-state index < -0.39 is 12.1 Å². The van der Waals surface area contributed by atoms with Crippen molar-refractivity contribution in [3.63, 3.8) is 0 Å². The number of benzene rings is 3. The van der Waals surface area contributed by atoms with Crippen LogP contribution in [-0.2, 0) is 29.3 Å². The van der Waals surface area contributed by atoms with Gasteiger partial charge < -0.3 is 9.47 Å². The van der Waals surface area contributed by atoms with Crippen molar-refractivity contribution in [3.8, 4) is 5.75 Å². The minimum Gasteiger partial charge on any atom is -0.488 e. The number of pyridine rings is 1. The third kappa shape index (κ3) is 10.0. The van der Waals surface area contributed by atoms with Crippen LogP contribution in [0.5, 0.6) is 5.75 Å². The first-order chi connectivity index (χ1) is 21.8. The van der Waals surface area contributed by atoms with Gasteiger partial charge in [0.25, 0.3) is 0 Å². The molecule has 9 heteroatoms. The average Bonchev–Trinajstić information content (AvgIpc) is 3.07. The zero-order valence-corrected chi connectivity index (χ0v) is 25.2. The molecular formula is C36H37F3N2O4. The molecule has 0 bridgehead atoms. The monoisotopic (exact) mass is 618 g/mol. The summed E-state index contributed by atoms with van der Waals surface area (Å²) in [5.41, 5.74) is 3.60. The number of halogens is 3. The van der Waals surface area contributed by atoms with Crippen molar-refractivity contribution < 1.29 is 32.2 Å². The number of anilines is 1. The molecule has 0 aliphatic heterocycles. The summed E-state index contributed by atoms with van der Waals surface area (Å²) in [7, 11) is 1.70. The Morgan fingerprint density at radius 3 is 2.07 bits per heavy atom. The Hall–Kier alpha value is -4.50. The Balaban J connectivity index is 0.000000440. The fraction of sp³-hybridized carbons (Fsp3) is 0.306. The maximum absolute atomic E-state index is 13.5. The van der Waals surface area contributed by atoms with Gasteiger partial charge in [-0.3, -0.25) is 19.5 Å². The van der Waals surface area contributed by atoms with E-state index in [2.05, 4.69) is 4.98 Å². The molecule has 0 N–H and O–H groups in total. The molecule has 0 spiro atoms. The smallest absolute Gasteiger partial charge is 0.471 e. The standard InChI is InChI=1S/C28H27F3N2O3.C8H10O/c29-28(30,31)27(35)33(17-21-11-14-25(32-16-21)22-9-5-2-6-10-22)24-13-12-23(18-34)26(15-24)36-19-20-7-3-1-4-8-20;1-9-7-8-5-3-2-4-6-8/h1,3-4,7-8,11-16,18,22H,2,5-6,9-10,17,19H2;2-6H,7H2,1H3. The van der Waals surface area contributed by atoms with E-state index in [1.54, 1.807) is 13.2 Å². The molecule has 0 saturated heterocycles. The zero-order valence-electron chi connectivity index (χ0n) is 25.2. The normalized spacial score (nSPS) is 13.3. The van der Waals surface area contributed by atoms with Crippen LogP contribution >= 0.6 is 0 Å². The maximum Gasteiger partial charge on any atom is 0.471 e. The third-order valence-electron chi connectivity index (χ3n) is 7.53. The van der Waals surface area contributed by atoms with Crippen molar-refractivity contribution in [2.45, 2.75) is 64.0 Å². The van der Waals surface area contributed by atoms with Gasteiger partial charge >= 0.3 is 12.1 Å². The predicted molar refractivity (Wildman–Crippen MR) is 167 cm³/mol. The highest BCUT2D eigenvalue weighted by Gasteiger charge is 2.43. The summed E-state index contributed by atoms with van der Waals surface area (Å²) < 4.78 is 51.2. The number of amides is 1. The molecular weight excluding hydrogens is 581 g/mol. The lowest BCUT2D eigenvalue weighted by atomic mass is 9.86. The van der Waals surface area contributed by atoms with E-state index >= 15 is 0 Å². The van der Waals surface area contributed by atoms with Gasteiger partial charge in [0.15, 0.2) is 6.29 Å². The van der Waals surface area contributed by atoms with E-state index in [1.165, 1.54) is 36.4 Å². The van der Waals surface area contributed by atoms with Gasteiger partial charge in [-0.1, -0.05) is 86.0 Å². The number of rotatable bonds is 10. The van der Waals surface area contributed by atoms with Gasteiger partial charge in [-0.05, 0) is 47.7 Å². The molecule has 5 rings (SSSR count). The van der Waals surface area contributed by atoms with Gasteiger partial charge in [0.2, 0.25) is 0 Å². The minimum atomic E-state index is -5.08. The Bertz CT molecular complexity index is 1490. The SMILES string of the molecule is COCc1ccccc1.O=Cc1ccc(N(Cc2ccc(C3CCCCC3)nc2)C(=O)C(F)(F)F)cc1OCc1ccccc1. The molecule has 0 radical (unpaired) electrons. The predicted octanol–water partition coefficient (Wildman–Crippen LogP) is 8.45. The van der Waals surface area contributed by atoms with Crippen LogP contribution in [0, 0.1) is 0 Å². The Kier molecular flexibility index (Phi) is 12.3. The minimum absolute atomic E-state index is 0.0256. The highest BCUT2D eigenvalue weighted by atomic mass is 19.4. The summed E-state index contributed by atoms with van der Waals surface area (Å²) >= 11 is 0. The largest absolute Gasteiger partial charge is 0.488 e. The molecule has 3 aromatic carbocycles. The van der Waals surface area contributed by atoms with E-state index in [-0.39, 0.29) is 30.2 Å². The molecule has 1 heterocycles. The van der Waals surface area contributed by atoms with Crippen molar-refractivity contribution in [2.24, 2.45) is 0 Å². The van der Waals surface area contributed by atoms with Crippen molar-refractivity contribution in [3.05, 3.63) is 125 Å². The van der Waals surface area contributed by atoms with Crippen molar-refractivity contribution in [1.29, 1.82) is 0 Å². The number of nitrogens with zero attached hydrogens (tertiary/aromatic N) is 2. The molecule has 1 fully saturated rings. The lowest BCUT2D eigenvalue weighted by Crippen LogP contribution is -2.40. The van der Waals surface area contributed by atoms with Crippen molar-refractivity contribution in [2.75, 3.05) is 12.0 Å². The summed E-state index contributed by atoms with van der Waals surface area (Å²) in [6, 6.07) is 26.8. The molecule has 45 heavy (non-hydrogen) atoms. The molecule has 6 nitrogen and oxygen atoms in total. The average molecular weight is 619 g/mol. The molecule has 4 aromatic rings. The number of hydrogen-bond acceptors (Lipinski definition) is 5. The Morgan fingerprint density at radius 1 is 0.867 bits per heavy atom. The van der Waals surface area contributed by atoms with Crippen LogP contribution in [-0.4, -0.2) is 30.5 Å². The van der Waals surface area contributed by atoms with Gasteiger partial charge in [0, 0.05) is 36.7 Å². The number of methoxy groups -OCH3 is 1. The first kappa shape index (κ1) is 33.4.